The Morgan fingerprint density at radius 3 is 2.55 bits per heavy atom. The van der Waals surface area contributed by atoms with Gasteiger partial charge in [0.15, 0.2) is 0 Å². The zero-order chi connectivity index (χ0) is 8.43. The molecule has 0 bridgehead atoms. The molecule has 62 valence electrons. The maximum absolute atomic E-state index is 5.46. The van der Waals surface area contributed by atoms with Crippen LogP contribution in [0.4, 0.5) is 0 Å². The van der Waals surface area contributed by atoms with E-state index < -0.39 is 0 Å². The van der Waals surface area contributed by atoms with Crippen molar-refractivity contribution in [2.75, 3.05) is 0 Å². The minimum Gasteiger partial charge on any atom is -0.325 e. The van der Waals surface area contributed by atoms with Crippen molar-refractivity contribution in [3.05, 3.63) is 17.5 Å². The van der Waals surface area contributed by atoms with Gasteiger partial charge in [-0.25, -0.2) is 0 Å². The second kappa shape index (κ2) is 3.05. The third kappa shape index (κ3) is 1.60. The van der Waals surface area contributed by atoms with E-state index in [4.69, 9.17) is 5.73 Å². The lowest BCUT2D eigenvalue weighted by molar-refractivity contribution is 0.514. The molecule has 3 heteroatoms. The van der Waals surface area contributed by atoms with Gasteiger partial charge in [0.2, 0.25) is 0 Å². The third-order valence-electron chi connectivity index (χ3n) is 1.67. The van der Waals surface area contributed by atoms with E-state index in [2.05, 4.69) is 18.9 Å². The second-order valence-corrected chi connectivity index (χ2v) is 3.02. The second-order valence-electron chi connectivity index (χ2n) is 3.02. The monoisotopic (exact) mass is 153 g/mol. The highest BCUT2D eigenvalue weighted by atomic mass is 15.3. The highest BCUT2D eigenvalue weighted by Gasteiger charge is 2.04. The summed E-state index contributed by atoms with van der Waals surface area (Å²) in [4.78, 5) is 0. The number of nitrogens with two attached hydrogens (primary N) is 1. The minimum atomic E-state index is 0.426. The van der Waals surface area contributed by atoms with Gasteiger partial charge in [-0.15, -0.1) is 0 Å². The zero-order valence-electron chi connectivity index (χ0n) is 7.33. The van der Waals surface area contributed by atoms with Gasteiger partial charge in [-0.1, -0.05) is 0 Å². The Hall–Kier alpha value is -0.830. The number of aryl methyl sites for hydroxylation is 1. The maximum Gasteiger partial charge on any atom is 0.0763 e. The first-order chi connectivity index (χ1) is 5.15. The third-order valence-corrected chi connectivity index (χ3v) is 1.67. The van der Waals surface area contributed by atoms with E-state index in [9.17, 15) is 0 Å². The molecule has 0 amide bonds. The number of nitrogens with zero attached hydrogens (tertiary/aromatic N) is 2. The van der Waals surface area contributed by atoms with Crippen LogP contribution in [-0.4, -0.2) is 9.78 Å². The van der Waals surface area contributed by atoms with Crippen LogP contribution < -0.4 is 5.73 Å². The molecule has 1 heterocycles. The Labute approximate surface area is 67.2 Å². The lowest BCUT2D eigenvalue weighted by Crippen LogP contribution is -2.06. The topological polar surface area (TPSA) is 43.8 Å². The van der Waals surface area contributed by atoms with Crippen molar-refractivity contribution in [2.24, 2.45) is 5.73 Å². The first kappa shape index (κ1) is 8.27. The number of aromatic nitrogens is 2. The number of hydrogen-bond donors (Lipinski definition) is 1. The van der Waals surface area contributed by atoms with Crippen LogP contribution in [-0.2, 0) is 6.54 Å². The first-order valence-corrected chi connectivity index (χ1v) is 3.90. The molecule has 0 saturated heterocycles. The smallest absolute Gasteiger partial charge is 0.0763 e. The van der Waals surface area contributed by atoms with Crippen molar-refractivity contribution in [1.29, 1.82) is 0 Å². The molecule has 0 aliphatic rings. The van der Waals surface area contributed by atoms with Gasteiger partial charge in [-0.2, -0.15) is 5.10 Å². The van der Waals surface area contributed by atoms with E-state index in [0.717, 1.165) is 5.69 Å². The summed E-state index contributed by atoms with van der Waals surface area (Å²) < 4.78 is 1.99. The maximum atomic E-state index is 5.46. The standard InChI is InChI=1S/C8H15N3/c1-6(2)11-7(3)4-8(5-9)10-11/h4,6H,5,9H2,1-3H3. The van der Waals surface area contributed by atoms with Gasteiger partial charge in [0, 0.05) is 18.3 Å². The fraction of sp³-hybridized carbons (Fsp3) is 0.625. The van der Waals surface area contributed by atoms with Gasteiger partial charge in [0.1, 0.15) is 0 Å². The fourth-order valence-electron chi connectivity index (χ4n) is 1.18. The number of rotatable bonds is 2. The lowest BCUT2D eigenvalue weighted by atomic mass is 10.3. The summed E-state index contributed by atoms with van der Waals surface area (Å²) in [5.41, 5.74) is 7.61. The van der Waals surface area contributed by atoms with Crippen LogP contribution in [0, 0.1) is 6.92 Å². The van der Waals surface area contributed by atoms with Crippen molar-refractivity contribution in [2.45, 2.75) is 33.4 Å². The molecule has 0 fully saturated rings. The molecule has 11 heavy (non-hydrogen) atoms. The van der Waals surface area contributed by atoms with E-state index in [1.165, 1.54) is 5.69 Å². The van der Waals surface area contributed by atoms with Gasteiger partial charge < -0.3 is 5.73 Å². The largest absolute Gasteiger partial charge is 0.325 e. The Morgan fingerprint density at radius 1 is 1.64 bits per heavy atom. The molecular formula is C8H15N3. The predicted molar refractivity (Wildman–Crippen MR) is 45.2 cm³/mol. The van der Waals surface area contributed by atoms with Crippen LogP contribution in [0.3, 0.4) is 0 Å². The van der Waals surface area contributed by atoms with Crippen LogP contribution in [0.25, 0.3) is 0 Å². The molecule has 2 N–H and O–H groups in total. The molecule has 1 aromatic heterocycles. The Bertz CT molecular complexity index is 237. The fourth-order valence-corrected chi connectivity index (χ4v) is 1.18. The van der Waals surface area contributed by atoms with Crippen LogP contribution in [0.1, 0.15) is 31.3 Å². The van der Waals surface area contributed by atoms with Gasteiger partial charge in [0.25, 0.3) is 0 Å². The summed E-state index contributed by atoms with van der Waals surface area (Å²) >= 11 is 0. The molecule has 0 radical (unpaired) electrons. The summed E-state index contributed by atoms with van der Waals surface area (Å²) in [7, 11) is 0. The molecule has 0 unspecified atom stereocenters. The molecule has 0 aliphatic heterocycles. The van der Waals surface area contributed by atoms with E-state index in [1.807, 2.05) is 17.7 Å². The van der Waals surface area contributed by atoms with Crippen molar-refractivity contribution in [1.82, 2.24) is 9.78 Å². The molecule has 0 saturated carbocycles. The van der Waals surface area contributed by atoms with Crippen LogP contribution in [0.5, 0.6) is 0 Å². The summed E-state index contributed by atoms with van der Waals surface area (Å²) in [6, 6.07) is 2.45. The SMILES string of the molecule is Cc1cc(CN)nn1C(C)C. The lowest BCUT2D eigenvalue weighted by Gasteiger charge is -2.06. The van der Waals surface area contributed by atoms with Crippen molar-refractivity contribution in [3.8, 4) is 0 Å². The molecule has 0 atom stereocenters. The van der Waals surface area contributed by atoms with Crippen molar-refractivity contribution in [3.63, 3.8) is 0 Å². The zero-order valence-corrected chi connectivity index (χ0v) is 7.33. The Balaban J connectivity index is 2.97. The van der Waals surface area contributed by atoms with Gasteiger partial charge in [0.05, 0.1) is 5.69 Å². The average molecular weight is 153 g/mol. The van der Waals surface area contributed by atoms with Crippen LogP contribution in [0.15, 0.2) is 6.07 Å². The van der Waals surface area contributed by atoms with Gasteiger partial charge in [-0.05, 0) is 26.8 Å². The molecule has 3 nitrogen and oxygen atoms in total. The highest BCUT2D eigenvalue weighted by Crippen LogP contribution is 2.09. The Kier molecular flexibility index (Phi) is 2.29. The molecular weight excluding hydrogens is 138 g/mol. The van der Waals surface area contributed by atoms with E-state index in [1.54, 1.807) is 0 Å². The quantitative estimate of drug-likeness (QED) is 0.694. The van der Waals surface area contributed by atoms with Crippen LogP contribution >= 0.6 is 0 Å². The average Bonchev–Trinajstić information content (AvgIpc) is 2.30. The van der Waals surface area contributed by atoms with E-state index in [0.29, 0.717) is 12.6 Å². The first-order valence-electron chi connectivity index (χ1n) is 3.90. The predicted octanol–water partition coefficient (Wildman–Crippen LogP) is 1.23. The normalized spacial score (nSPS) is 11.0. The molecule has 0 spiro atoms. The van der Waals surface area contributed by atoms with Gasteiger partial charge >= 0.3 is 0 Å². The summed E-state index contributed by atoms with van der Waals surface area (Å²) in [5, 5.41) is 4.32. The molecule has 0 aromatic carbocycles. The minimum absolute atomic E-state index is 0.426. The Morgan fingerprint density at radius 2 is 2.27 bits per heavy atom. The highest BCUT2D eigenvalue weighted by molar-refractivity contribution is 5.08. The number of hydrogen-bond acceptors (Lipinski definition) is 2. The van der Waals surface area contributed by atoms with E-state index in [-0.39, 0.29) is 0 Å². The van der Waals surface area contributed by atoms with Crippen molar-refractivity contribution >= 4 is 0 Å². The van der Waals surface area contributed by atoms with Gasteiger partial charge in [-0.3, -0.25) is 4.68 Å². The molecule has 0 aliphatic carbocycles. The summed E-state index contributed by atoms with van der Waals surface area (Å²) in [5.74, 6) is 0. The van der Waals surface area contributed by atoms with Crippen LogP contribution in [0.2, 0.25) is 0 Å². The molecule has 1 aromatic rings. The summed E-state index contributed by atoms with van der Waals surface area (Å²) in [6.07, 6.45) is 0. The van der Waals surface area contributed by atoms with E-state index >= 15 is 0 Å². The summed E-state index contributed by atoms with van der Waals surface area (Å²) in [6.45, 7) is 6.80. The van der Waals surface area contributed by atoms with Crippen molar-refractivity contribution < 1.29 is 0 Å². The molecule has 1 rings (SSSR count).